The second kappa shape index (κ2) is 6.02. The number of benzene rings is 1. The highest BCUT2D eigenvalue weighted by atomic mass is 16.5. The molecule has 1 fully saturated rings. The van der Waals surface area contributed by atoms with Crippen LogP contribution in [0.25, 0.3) is 0 Å². The first-order valence-corrected chi connectivity index (χ1v) is 7.56. The predicted molar refractivity (Wildman–Crippen MR) is 77.1 cm³/mol. The Labute approximate surface area is 120 Å². The van der Waals surface area contributed by atoms with Crippen LogP contribution in [0.2, 0.25) is 0 Å². The van der Waals surface area contributed by atoms with Gasteiger partial charge >= 0.3 is 0 Å². The molecule has 110 valence electrons. The van der Waals surface area contributed by atoms with Gasteiger partial charge in [-0.1, -0.05) is 13.0 Å². The molecule has 0 radical (unpaired) electrons. The predicted octanol–water partition coefficient (Wildman–Crippen LogP) is 2.66. The molecule has 4 heteroatoms. The summed E-state index contributed by atoms with van der Waals surface area (Å²) in [6.07, 6.45) is 3.25. The molecule has 0 amide bonds. The highest BCUT2D eigenvalue weighted by molar-refractivity contribution is 5.44. The van der Waals surface area contributed by atoms with E-state index >= 15 is 0 Å². The number of hydrogen-bond donors (Lipinski definition) is 1. The summed E-state index contributed by atoms with van der Waals surface area (Å²) >= 11 is 0. The minimum atomic E-state index is -0.000368. The van der Waals surface area contributed by atoms with Crippen molar-refractivity contribution in [3.05, 3.63) is 23.8 Å². The first-order chi connectivity index (χ1) is 9.79. The van der Waals surface area contributed by atoms with Crippen molar-refractivity contribution >= 4 is 0 Å². The lowest BCUT2D eigenvalue weighted by Crippen LogP contribution is -2.28. The normalized spacial score (nSPS) is 27.1. The Balaban J connectivity index is 1.81. The summed E-state index contributed by atoms with van der Waals surface area (Å²) in [4.78, 5) is 0. The van der Waals surface area contributed by atoms with Crippen LogP contribution in [0.4, 0.5) is 0 Å². The fourth-order valence-electron chi connectivity index (χ4n) is 3.13. The highest BCUT2D eigenvalue weighted by Gasteiger charge is 2.32. The minimum Gasteiger partial charge on any atom is -0.490 e. The van der Waals surface area contributed by atoms with Gasteiger partial charge in [0.1, 0.15) is 0 Å². The second-order valence-corrected chi connectivity index (χ2v) is 5.55. The van der Waals surface area contributed by atoms with Crippen LogP contribution in [-0.2, 0) is 4.74 Å². The SMILES string of the molecule is CCC1OCCC1C(N)c1ccc2c(c1)OCCCO2. The molecule has 3 rings (SSSR count). The lowest BCUT2D eigenvalue weighted by Gasteiger charge is -2.24. The number of fused-ring (bicyclic) bond motifs is 1. The average molecular weight is 277 g/mol. The van der Waals surface area contributed by atoms with Crippen molar-refractivity contribution in [2.75, 3.05) is 19.8 Å². The molecule has 3 atom stereocenters. The Morgan fingerprint density at radius 2 is 2.00 bits per heavy atom. The van der Waals surface area contributed by atoms with Gasteiger partial charge < -0.3 is 19.9 Å². The van der Waals surface area contributed by atoms with E-state index in [9.17, 15) is 0 Å². The van der Waals surface area contributed by atoms with Crippen molar-refractivity contribution in [3.63, 3.8) is 0 Å². The number of rotatable bonds is 3. The third kappa shape index (κ3) is 2.63. The molecule has 4 nitrogen and oxygen atoms in total. The molecule has 1 saturated heterocycles. The van der Waals surface area contributed by atoms with Gasteiger partial charge in [0.25, 0.3) is 0 Å². The Kier molecular flexibility index (Phi) is 4.13. The smallest absolute Gasteiger partial charge is 0.161 e. The fourth-order valence-corrected chi connectivity index (χ4v) is 3.13. The van der Waals surface area contributed by atoms with Crippen LogP contribution in [0, 0.1) is 5.92 Å². The summed E-state index contributed by atoms with van der Waals surface area (Å²) in [6, 6.07) is 6.08. The summed E-state index contributed by atoms with van der Waals surface area (Å²) in [7, 11) is 0. The third-order valence-electron chi connectivity index (χ3n) is 4.28. The van der Waals surface area contributed by atoms with Crippen molar-refractivity contribution < 1.29 is 14.2 Å². The number of nitrogens with two attached hydrogens (primary N) is 1. The van der Waals surface area contributed by atoms with Crippen LogP contribution < -0.4 is 15.2 Å². The van der Waals surface area contributed by atoms with Gasteiger partial charge in [0.15, 0.2) is 11.5 Å². The van der Waals surface area contributed by atoms with Crippen molar-refractivity contribution in [1.29, 1.82) is 0 Å². The molecule has 2 aliphatic rings. The molecule has 0 bridgehead atoms. The van der Waals surface area contributed by atoms with E-state index in [2.05, 4.69) is 13.0 Å². The topological polar surface area (TPSA) is 53.7 Å². The molecule has 0 aliphatic carbocycles. The minimum absolute atomic E-state index is 0.000368. The van der Waals surface area contributed by atoms with Crippen LogP contribution in [-0.4, -0.2) is 25.9 Å². The van der Waals surface area contributed by atoms with Gasteiger partial charge in [0.05, 0.1) is 19.3 Å². The van der Waals surface area contributed by atoms with E-state index in [1.807, 2.05) is 12.1 Å². The monoisotopic (exact) mass is 277 g/mol. The van der Waals surface area contributed by atoms with Crippen molar-refractivity contribution in [1.82, 2.24) is 0 Å². The number of ether oxygens (including phenoxy) is 3. The Morgan fingerprint density at radius 1 is 1.20 bits per heavy atom. The summed E-state index contributed by atoms with van der Waals surface area (Å²) in [5.74, 6) is 2.04. The van der Waals surface area contributed by atoms with E-state index < -0.39 is 0 Å². The molecule has 0 aromatic heterocycles. The van der Waals surface area contributed by atoms with Gasteiger partial charge in [-0.2, -0.15) is 0 Å². The number of hydrogen-bond acceptors (Lipinski definition) is 4. The molecule has 0 spiro atoms. The van der Waals surface area contributed by atoms with Crippen LogP contribution in [0.1, 0.15) is 37.8 Å². The molecular weight excluding hydrogens is 254 g/mol. The van der Waals surface area contributed by atoms with Gasteiger partial charge in [-0.15, -0.1) is 0 Å². The molecular formula is C16H23NO3. The van der Waals surface area contributed by atoms with E-state index in [-0.39, 0.29) is 12.1 Å². The first kappa shape index (κ1) is 13.7. The molecule has 20 heavy (non-hydrogen) atoms. The average Bonchev–Trinajstić information content (AvgIpc) is 2.83. The zero-order chi connectivity index (χ0) is 13.9. The molecule has 1 aromatic carbocycles. The van der Waals surface area contributed by atoms with Gasteiger partial charge in [0.2, 0.25) is 0 Å². The quantitative estimate of drug-likeness (QED) is 0.923. The largest absolute Gasteiger partial charge is 0.490 e. The molecule has 2 N–H and O–H groups in total. The van der Waals surface area contributed by atoms with Gasteiger partial charge in [-0.25, -0.2) is 0 Å². The van der Waals surface area contributed by atoms with Crippen molar-refractivity contribution in [3.8, 4) is 11.5 Å². The summed E-state index contributed by atoms with van der Waals surface area (Å²) in [5.41, 5.74) is 7.58. The fraction of sp³-hybridized carbons (Fsp3) is 0.625. The molecule has 1 aromatic rings. The van der Waals surface area contributed by atoms with Crippen LogP contribution in [0.15, 0.2) is 18.2 Å². The second-order valence-electron chi connectivity index (χ2n) is 5.55. The van der Waals surface area contributed by atoms with Crippen LogP contribution >= 0.6 is 0 Å². The maximum Gasteiger partial charge on any atom is 0.161 e. The maximum atomic E-state index is 6.46. The maximum absolute atomic E-state index is 6.46. The lowest BCUT2D eigenvalue weighted by molar-refractivity contribution is 0.0813. The van der Waals surface area contributed by atoms with Crippen LogP contribution in [0.5, 0.6) is 11.5 Å². The zero-order valence-electron chi connectivity index (χ0n) is 12.0. The Morgan fingerprint density at radius 3 is 2.80 bits per heavy atom. The van der Waals surface area contributed by atoms with E-state index in [1.165, 1.54) is 0 Å². The van der Waals surface area contributed by atoms with Crippen molar-refractivity contribution in [2.45, 2.75) is 38.3 Å². The van der Waals surface area contributed by atoms with E-state index in [0.717, 1.165) is 42.9 Å². The van der Waals surface area contributed by atoms with E-state index in [0.29, 0.717) is 19.1 Å². The van der Waals surface area contributed by atoms with E-state index in [4.69, 9.17) is 19.9 Å². The first-order valence-electron chi connectivity index (χ1n) is 7.56. The molecule has 2 heterocycles. The summed E-state index contributed by atoms with van der Waals surface area (Å²) < 4.78 is 17.2. The molecule has 3 unspecified atom stereocenters. The zero-order valence-corrected chi connectivity index (χ0v) is 12.0. The Hall–Kier alpha value is -1.26. The molecule has 2 aliphatic heterocycles. The summed E-state index contributed by atoms with van der Waals surface area (Å²) in [6.45, 7) is 4.40. The third-order valence-corrected chi connectivity index (χ3v) is 4.28. The van der Waals surface area contributed by atoms with Gasteiger partial charge in [0, 0.05) is 25.0 Å². The lowest BCUT2D eigenvalue weighted by atomic mass is 9.87. The van der Waals surface area contributed by atoms with Gasteiger partial charge in [-0.3, -0.25) is 0 Å². The highest BCUT2D eigenvalue weighted by Crippen LogP contribution is 2.37. The standard InChI is InChI=1S/C16H23NO3/c1-2-13-12(6-9-20-13)16(17)11-4-5-14-15(10-11)19-8-3-7-18-14/h4-5,10,12-13,16H,2-3,6-9,17H2,1H3. The van der Waals surface area contributed by atoms with E-state index in [1.54, 1.807) is 0 Å². The van der Waals surface area contributed by atoms with Crippen LogP contribution in [0.3, 0.4) is 0 Å². The Bertz CT molecular complexity index is 463. The molecule has 0 saturated carbocycles. The summed E-state index contributed by atoms with van der Waals surface area (Å²) in [5, 5.41) is 0. The van der Waals surface area contributed by atoms with Crippen molar-refractivity contribution in [2.24, 2.45) is 11.7 Å². The van der Waals surface area contributed by atoms with Gasteiger partial charge in [-0.05, 0) is 30.5 Å².